The second kappa shape index (κ2) is 7.10. The lowest BCUT2D eigenvalue weighted by atomic mass is 10.1. The Bertz CT molecular complexity index is 534. The fourth-order valence-corrected chi connectivity index (χ4v) is 1.92. The van der Waals surface area contributed by atoms with Crippen LogP contribution in [0.15, 0.2) is 36.7 Å². The molecule has 0 amide bonds. The van der Waals surface area contributed by atoms with Crippen molar-refractivity contribution in [1.82, 2.24) is 9.78 Å². The van der Waals surface area contributed by atoms with Crippen LogP contribution in [0.4, 0.5) is 0 Å². The van der Waals surface area contributed by atoms with E-state index in [2.05, 4.69) is 37.3 Å². The molecule has 2 aromatic rings. The highest BCUT2D eigenvalue weighted by Gasteiger charge is 2.04. The lowest BCUT2D eigenvalue weighted by Gasteiger charge is -2.09. The van der Waals surface area contributed by atoms with Crippen LogP contribution in [0.25, 0.3) is 11.1 Å². The largest absolute Gasteiger partial charge is 0.493 e. The minimum Gasteiger partial charge on any atom is -0.493 e. The standard InChI is InChI=1S/C16H23N3O/c1-13(2)12-20-16-6-3-5-14(9-16)15-10-18-19(11-15)8-4-7-17/h3,5-6,9-11,13H,4,7-8,12,17H2,1-2H3. The summed E-state index contributed by atoms with van der Waals surface area (Å²) in [7, 11) is 0. The van der Waals surface area contributed by atoms with Crippen LogP contribution < -0.4 is 10.5 Å². The lowest BCUT2D eigenvalue weighted by molar-refractivity contribution is 0.271. The van der Waals surface area contributed by atoms with Gasteiger partial charge in [0.2, 0.25) is 0 Å². The fraction of sp³-hybridized carbons (Fsp3) is 0.438. The van der Waals surface area contributed by atoms with Gasteiger partial charge in [0, 0.05) is 18.3 Å². The maximum absolute atomic E-state index is 5.76. The van der Waals surface area contributed by atoms with E-state index in [0.29, 0.717) is 12.5 Å². The normalized spacial score (nSPS) is 11.0. The average molecular weight is 273 g/mol. The zero-order chi connectivity index (χ0) is 14.4. The summed E-state index contributed by atoms with van der Waals surface area (Å²) in [5.74, 6) is 1.43. The molecule has 1 aromatic heterocycles. The highest BCUT2D eigenvalue weighted by atomic mass is 16.5. The molecule has 0 atom stereocenters. The molecule has 0 unspecified atom stereocenters. The molecule has 0 aliphatic carbocycles. The summed E-state index contributed by atoms with van der Waals surface area (Å²) in [6.45, 7) is 6.57. The van der Waals surface area contributed by atoms with E-state index < -0.39 is 0 Å². The summed E-state index contributed by atoms with van der Waals surface area (Å²) in [4.78, 5) is 0. The van der Waals surface area contributed by atoms with Gasteiger partial charge in [-0.05, 0) is 36.6 Å². The summed E-state index contributed by atoms with van der Waals surface area (Å²) < 4.78 is 7.69. The van der Waals surface area contributed by atoms with Crippen molar-refractivity contribution < 1.29 is 4.74 Å². The first-order valence-corrected chi connectivity index (χ1v) is 7.15. The molecule has 0 fully saturated rings. The van der Waals surface area contributed by atoms with Crippen molar-refractivity contribution in [2.75, 3.05) is 13.2 Å². The minimum absolute atomic E-state index is 0.526. The Morgan fingerprint density at radius 3 is 2.90 bits per heavy atom. The number of aromatic nitrogens is 2. The zero-order valence-corrected chi connectivity index (χ0v) is 12.2. The molecule has 0 aliphatic heterocycles. The van der Waals surface area contributed by atoms with E-state index in [1.54, 1.807) is 0 Å². The molecule has 0 aliphatic rings. The molecular formula is C16H23N3O. The third-order valence-corrected chi connectivity index (χ3v) is 2.98. The predicted molar refractivity (Wildman–Crippen MR) is 81.7 cm³/mol. The molecule has 0 saturated heterocycles. The van der Waals surface area contributed by atoms with Crippen LogP contribution in [0.2, 0.25) is 0 Å². The van der Waals surface area contributed by atoms with Gasteiger partial charge in [0.1, 0.15) is 5.75 Å². The molecular weight excluding hydrogens is 250 g/mol. The van der Waals surface area contributed by atoms with Gasteiger partial charge >= 0.3 is 0 Å². The summed E-state index contributed by atoms with van der Waals surface area (Å²) in [6.07, 6.45) is 4.88. The van der Waals surface area contributed by atoms with Crippen molar-refractivity contribution in [2.24, 2.45) is 11.7 Å². The quantitative estimate of drug-likeness (QED) is 0.844. The Hall–Kier alpha value is -1.81. The molecule has 0 spiro atoms. The van der Waals surface area contributed by atoms with E-state index in [-0.39, 0.29) is 0 Å². The molecule has 2 rings (SSSR count). The summed E-state index contributed by atoms with van der Waals surface area (Å²) in [5.41, 5.74) is 7.75. The molecule has 1 heterocycles. The third kappa shape index (κ3) is 4.10. The lowest BCUT2D eigenvalue weighted by Crippen LogP contribution is -2.05. The van der Waals surface area contributed by atoms with Gasteiger partial charge in [-0.15, -0.1) is 0 Å². The van der Waals surface area contributed by atoms with E-state index in [0.717, 1.165) is 36.4 Å². The molecule has 0 bridgehead atoms. The molecule has 0 saturated carbocycles. The Kier molecular flexibility index (Phi) is 5.18. The first-order chi connectivity index (χ1) is 9.69. The Morgan fingerprint density at radius 1 is 1.30 bits per heavy atom. The van der Waals surface area contributed by atoms with E-state index in [1.165, 1.54) is 0 Å². The molecule has 108 valence electrons. The predicted octanol–water partition coefficient (Wildman–Crippen LogP) is 2.93. The number of hydrogen-bond donors (Lipinski definition) is 1. The van der Waals surface area contributed by atoms with E-state index in [4.69, 9.17) is 10.5 Å². The van der Waals surface area contributed by atoms with E-state index in [1.807, 2.05) is 23.0 Å². The van der Waals surface area contributed by atoms with Gasteiger partial charge in [-0.3, -0.25) is 4.68 Å². The van der Waals surface area contributed by atoms with Gasteiger partial charge in [-0.2, -0.15) is 5.10 Å². The first-order valence-electron chi connectivity index (χ1n) is 7.15. The smallest absolute Gasteiger partial charge is 0.119 e. The Balaban J connectivity index is 2.08. The van der Waals surface area contributed by atoms with Crippen molar-refractivity contribution in [2.45, 2.75) is 26.8 Å². The maximum atomic E-state index is 5.76. The van der Waals surface area contributed by atoms with Crippen LogP contribution in [0.3, 0.4) is 0 Å². The number of nitrogens with two attached hydrogens (primary N) is 1. The Morgan fingerprint density at radius 2 is 2.15 bits per heavy atom. The highest BCUT2D eigenvalue weighted by Crippen LogP contribution is 2.23. The second-order valence-electron chi connectivity index (χ2n) is 5.37. The van der Waals surface area contributed by atoms with Crippen molar-refractivity contribution >= 4 is 0 Å². The van der Waals surface area contributed by atoms with Crippen LogP contribution in [0.1, 0.15) is 20.3 Å². The summed E-state index contributed by atoms with van der Waals surface area (Å²) >= 11 is 0. The van der Waals surface area contributed by atoms with Crippen LogP contribution in [0, 0.1) is 5.92 Å². The van der Waals surface area contributed by atoms with Gasteiger partial charge in [0.15, 0.2) is 0 Å². The molecule has 4 heteroatoms. The van der Waals surface area contributed by atoms with Crippen LogP contribution in [-0.4, -0.2) is 22.9 Å². The molecule has 4 nitrogen and oxygen atoms in total. The van der Waals surface area contributed by atoms with Crippen molar-refractivity contribution in [1.29, 1.82) is 0 Å². The maximum Gasteiger partial charge on any atom is 0.119 e. The number of aryl methyl sites for hydroxylation is 1. The zero-order valence-electron chi connectivity index (χ0n) is 12.2. The van der Waals surface area contributed by atoms with Gasteiger partial charge in [0.25, 0.3) is 0 Å². The van der Waals surface area contributed by atoms with Gasteiger partial charge in [-0.25, -0.2) is 0 Å². The van der Waals surface area contributed by atoms with Crippen molar-refractivity contribution in [3.8, 4) is 16.9 Å². The molecule has 0 radical (unpaired) electrons. The minimum atomic E-state index is 0.526. The summed E-state index contributed by atoms with van der Waals surface area (Å²) in [5, 5.41) is 4.35. The van der Waals surface area contributed by atoms with Gasteiger partial charge in [-0.1, -0.05) is 26.0 Å². The van der Waals surface area contributed by atoms with E-state index in [9.17, 15) is 0 Å². The van der Waals surface area contributed by atoms with Crippen LogP contribution >= 0.6 is 0 Å². The number of rotatable bonds is 7. The van der Waals surface area contributed by atoms with Crippen molar-refractivity contribution in [3.63, 3.8) is 0 Å². The second-order valence-corrected chi connectivity index (χ2v) is 5.37. The SMILES string of the molecule is CC(C)COc1cccc(-c2cnn(CCCN)c2)c1. The van der Waals surface area contributed by atoms with Crippen LogP contribution in [-0.2, 0) is 6.54 Å². The Labute approximate surface area is 120 Å². The molecule has 20 heavy (non-hydrogen) atoms. The topological polar surface area (TPSA) is 53.1 Å². The van der Waals surface area contributed by atoms with E-state index >= 15 is 0 Å². The van der Waals surface area contributed by atoms with Crippen LogP contribution in [0.5, 0.6) is 5.75 Å². The molecule has 1 aromatic carbocycles. The highest BCUT2D eigenvalue weighted by molar-refractivity contribution is 5.63. The average Bonchev–Trinajstić information content (AvgIpc) is 2.92. The van der Waals surface area contributed by atoms with Gasteiger partial charge < -0.3 is 10.5 Å². The fourth-order valence-electron chi connectivity index (χ4n) is 1.92. The number of ether oxygens (including phenoxy) is 1. The monoisotopic (exact) mass is 273 g/mol. The number of benzene rings is 1. The number of hydrogen-bond acceptors (Lipinski definition) is 3. The third-order valence-electron chi connectivity index (χ3n) is 2.98. The summed E-state index contributed by atoms with van der Waals surface area (Å²) in [6, 6.07) is 8.14. The number of nitrogens with zero attached hydrogens (tertiary/aromatic N) is 2. The van der Waals surface area contributed by atoms with Crippen molar-refractivity contribution in [3.05, 3.63) is 36.7 Å². The first kappa shape index (κ1) is 14.6. The molecule has 2 N–H and O–H groups in total. The van der Waals surface area contributed by atoms with Gasteiger partial charge in [0.05, 0.1) is 12.8 Å².